The van der Waals surface area contributed by atoms with Gasteiger partial charge in [0.25, 0.3) is 5.91 Å². The molecule has 1 amide bonds. The first-order chi connectivity index (χ1) is 13.9. The zero-order valence-corrected chi connectivity index (χ0v) is 17.3. The highest BCUT2D eigenvalue weighted by Crippen LogP contribution is 2.26. The van der Waals surface area contributed by atoms with Crippen LogP contribution in [0.25, 0.3) is 11.3 Å². The molecule has 9 heteroatoms. The summed E-state index contributed by atoms with van der Waals surface area (Å²) < 4.78 is 15.4. The number of ether oxygens (including phenoxy) is 2. The molecule has 0 saturated heterocycles. The highest BCUT2D eigenvalue weighted by molar-refractivity contribution is 7.14. The smallest absolute Gasteiger partial charge is 0.344 e. The molecule has 3 aromatic rings. The van der Waals surface area contributed by atoms with Crippen LogP contribution in [0.15, 0.2) is 34.2 Å². The summed E-state index contributed by atoms with van der Waals surface area (Å²) in [5, 5.41) is 8.69. The minimum Gasteiger partial charge on any atom is -0.497 e. The monoisotopic (exact) mass is 415 g/mol. The number of carbonyl (C=O) groups is 2. The number of rotatable bonds is 7. The van der Waals surface area contributed by atoms with Crippen molar-refractivity contribution >= 4 is 28.3 Å². The van der Waals surface area contributed by atoms with Crippen LogP contribution in [-0.4, -0.2) is 35.7 Å². The van der Waals surface area contributed by atoms with E-state index in [0.717, 1.165) is 17.0 Å². The number of hydrogen-bond acceptors (Lipinski definition) is 8. The summed E-state index contributed by atoms with van der Waals surface area (Å²) in [7, 11) is 1.60. The average Bonchev–Trinajstić information content (AvgIpc) is 3.33. The molecule has 1 N–H and O–H groups in total. The number of nitrogens with one attached hydrogen (secondary N) is 1. The van der Waals surface area contributed by atoms with Gasteiger partial charge in [0.1, 0.15) is 11.3 Å². The van der Waals surface area contributed by atoms with Gasteiger partial charge in [-0.1, -0.05) is 19.0 Å². The first-order valence-corrected chi connectivity index (χ1v) is 9.80. The lowest BCUT2D eigenvalue weighted by Gasteiger charge is -2.06. The Kier molecular flexibility index (Phi) is 6.28. The number of nitrogens with zero attached hydrogens (tertiary/aromatic N) is 2. The van der Waals surface area contributed by atoms with E-state index in [1.807, 2.05) is 43.5 Å². The zero-order chi connectivity index (χ0) is 21.0. The van der Waals surface area contributed by atoms with Crippen molar-refractivity contribution in [2.45, 2.75) is 26.7 Å². The number of anilines is 1. The third-order valence-corrected chi connectivity index (χ3v) is 4.85. The van der Waals surface area contributed by atoms with E-state index in [2.05, 4.69) is 15.5 Å². The summed E-state index contributed by atoms with van der Waals surface area (Å²) in [6.45, 7) is 4.99. The Bertz CT molecular complexity index is 1010. The summed E-state index contributed by atoms with van der Waals surface area (Å²) in [6, 6.07) is 7.44. The number of benzene rings is 1. The van der Waals surface area contributed by atoms with E-state index < -0.39 is 18.5 Å². The van der Waals surface area contributed by atoms with Crippen molar-refractivity contribution in [3.63, 3.8) is 0 Å². The van der Waals surface area contributed by atoms with Crippen molar-refractivity contribution in [3.8, 4) is 17.0 Å². The fraction of sp³-hybridized carbons (Fsp3) is 0.300. The van der Waals surface area contributed by atoms with Crippen LogP contribution in [0, 0.1) is 6.92 Å². The largest absolute Gasteiger partial charge is 0.497 e. The molecule has 0 unspecified atom stereocenters. The van der Waals surface area contributed by atoms with Crippen LogP contribution in [-0.2, 0) is 9.53 Å². The Morgan fingerprint density at radius 3 is 2.62 bits per heavy atom. The second-order valence-corrected chi connectivity index (χ2v) is 7.41. The van der Waals surface area contributed by atoms with Crippen LogP contribution in [0.4, 0.5) is 5.13 Å². The zero-order valence-electron chi connectivity index (χ0n) is 16.5. The maximum Gasteiger partial charge on any atom is 0.344 e. The standard InChI is InChI=1S/C20H21N3O5S/c1-11(2)18-17(12(3)23-28-18)19(25)27-9-16(24)22-20-21-15(10-29-20)13-5-7-14(26-4)8-6-13/h5-8,10-11H,9H2,1-4H3,(H,21,22,24). The van der Waals surface area contributed by atoms with E-state index in [1.165, 1.54) is 11.3 Å². The van der Waals surface area contributed by atoms with E-state index in [9.17, 15) is 9.59 Å². The van der Waals surface area contributed by atoms with E-state index in [0.29, 0.717) is 16.6 Å². The summed E-state index contributed by atoms with van der Waals surface area (Å²) >= 11 is 1.28. The first kappa shape index (κ1) is 20.5. The molecule has 0 radical (unpaired) electrons. The topological polar surface area (TPSA) is 104 Å². The number of thiazole rings is 1. The summed E-state index contributed by atoms with van der Waals surface area (Å²) in [5.41, 5.74) is 2.33. The fourth-order valence-corrected chi connectivity index (χ4v) is 3.35. The molecule has 0 saturated carbocycles. The predicted octanol–water partition coefficient (Wildman–Crippen LogP) is 4.03. The first-order valence-electron chi connectivity index (χ1n) is 8.92. The van der Waals surface area contributed by atoms with Crippen molar-refractivity contribution in [2.75, 3.05) is 19.0 Å². The second-order valence-electron chi connectivity index (χ2n) is 6.55. The van der Waals surface area contributed by atoms with Crippen molar-refractivity contribution in [3.05, 3.63) is 46.7 Å². The molecule has 0 bridgehead atoms. The number of esters is 1. The SMILES string of the molecule is COc1ccc(-c2csc(NC(=O)COC(=O)c3c(C)noc3C(C)C)n2)cc1. The molecule has 0 aliphatic heterocycles. The number of carbonyl (C=O) groups excluding carboxylic acids is 2. The Hall–Kier alpha value is -3.20. The molecular weight excluding hydrogens is 394 g/mol. The lowest BCUT2D eigenvalue weighted by atomic mass is 10.1. The van der Waals surface area contributed by atoms with Gasteiger partial charge in [0.05, 0.1) is 18.5 Å². The molecule has 3 rings (SSSR count). The number of hydrogen-bond donors (Lipinski definition) is 1. The van der Waals surface area contributed by atoms with Crippen molar-refractivity contribution < 1.29 is 23.6 Å². The molecule has 8 nitrogen and oxygen atoms in total. The number of aromatic nitrogens is 2. The fourth-order valence-electron chi connectivity index (χ4n) is 2.61. The Labute approximate surface area is 171 Å². The highest BCUT2D eigenvalue weighted by atomic mass is 32.1. The van der Waals surface area contributed by atoms with E-state index in [1.54, 1.807) is 14.0 Å². The maximum absolute atomic E-state index is 12.3. The minimum absolute atomic E-state index is 0.0285. The lowest BCUT2D eigenvalue weighted by molar-refractivity contribution is -0.119. The molecule has 1 aromatic carbocycles. The van der Waals surface area contributed by atoms with Gasteiger partial charge < -0.3 is 14.0 Å². The summed E-state index contributed by atoms with van der Waals surface area (Å²) in [5.74, 6) is 0.0501. The Balaban J connectivity index is 1.58. The molecule has 0 fully saturated rings. The molecule has 0 aliphatic rings. The molecular formula is C20H21N3O5S. The summed E-state index contributed by atoms with van der Waals surface area (Å²) in [6.07, 6.45) is 0. The third kappa shape index (κ3) is 4.80. The second kappa shape index (κ2) is 8.87. The van der Waals surface area contributed by atoms with E-state index >= 15 is 0 Å². The Morgan fingerprint density at radius 2 is 1.97 bits per heavy atom. The summed E-state index contributed by atoms with van der Waals surface area (Å²) in [4.78, 5) is 28.9. The van der Waals surface area contributed by atoms with Crippen molar-refractivity contribution in [1.82, 2.24) is 10.1 Å². The molecule has 2 heterocycles. The van der Waals surface area contributed by atoms with Crippen LogP contribution < -0.4 is 10.1 Å². The van der Waals surface area contributed by atoms with Crippen LogP contribution in [0.3, 0.4) is 0 Å². The van der Waals surface area contributed by atoms with Gasteiger partial charge in [-0.15, -0.1) is 11.3 Å². The van der Waals surface area contributed by atoms with Crippen LogP contribution in [0.5, 0.6) is 5.75 Å². The van der Waals surface area contributed by atoms with Gasteiger partial charge in [-0.25, -0.2) is 9.78 Å². The van der Waals surface area contributed by atoms with Gasteiger partial charge in [-0.3, -0.25) is 10.1 Å². The van der Waals surface area contributed by atoms with Crippen LogP contribution >= 0.6 is 11.3 Å². The van der Waals surface area contributed by atoms with Gasteiger partial charge in [0, 0.05) is 16.9 Å². The third-order valence-electron chi connectivity index (χ3n) is 4.09. The van der Waals surface area contributed by atoms with Gasteiger partial charge in [-0.05, 0) is 31.2 Å². The minimum atomic E-state index is -0.638. The van der Waals surface area contributed by atoms with Gasteiger partial charge in [-0.2, -0.15) is 0 Å². The van der Waals surface area contributed by atoms with E-state index in [4.69, 9.17) is 14.0 Å². The number of aryl methyl sites for hydroxylation is 1. The normalized spacial score (nSPS) is 10.8. The maximum atomic E-state index is 12.3. The Morgan fingerprint density at radius 1 is 1.24 bits per heavy atom. The molecule has 2 aromatic heterocycles. The quantitative estimate of drug-likeness (QED) is 0.581. The number of methoxy groups -OCH3 is 1. The molecule has 29 heavy (non-hydrogen) atoms. The van der Waals surface area contributed by atoms with Crippen molar-refractivity contribution in [1.29, 1.82) is 0 Å². The van der Waals surface area contributed by atoms with Crippen LogP contribution in [0.2, 0.25) is 0 Å². The van der Waals surface area contributed by atoms with Crippen molar-refractivity contribution in [2.24, 2.45) is 0 Å². The van der Waals surface area contributed by atoms with Gasteiger partial charge in [0.15, 0.2) is 17.5 Å². The van der Waals surface area contributed by atoms with Crippen LogP contribution in [0.1, 0.15) is 41.6 Å². The molecule has 0 aliphatic carbocycles. The van der Waals surface area contributed by atoms with Gasteiger partial charge in [0.2, 0.25) is 0 Å². The molecule has 152 valence electrons. The van der Waals surface area contributed by atoms with Gasteiger partial charge >= 0.3 is 5.97 Å². The lowest BCUT2D eigenvalue weighted by Crippen LogP contribution is -2.21. The highest BCUT2D eigenvalue weighted by Gasteiger charge is 2.24. The molecule has 0 spiro atoms. The number of amides is 1. The average molecular weight is 415 g/mol. The predicted molar refractivity (Wildman–Crippen MR) is 108 cm³/mol. The molecule has 0 atom stereocenters. The van der Waals surface area contributed by atoms with E-state index in [-0.39, 0.29) is 11.5 Å².